The maximum atomic E-state index is 13.0. The second kappa shape index (κ2) is 8.02. The third-order valence-corrected chi connectivity index (χ3v) is 5.77. The Kier molecular flexibility index (Phi) is 5.91. The topological polar surface area (TPSA) is 73.9 Å². The van der Waals surface area contributed by atoms with E-state index in [1.165, 1.54) is 0 Å². The van der Waals surface area contributed by atoms with Gasteiger partial charge < -0.3 is 19.5 Å². The van der Waals surface area contributed by atoms with Crippen LogP contribution in [0.1, 0.15) is 43.7 Å². The molecule has 1 aliphatic carbocycles. The molecular formula is C20H24BrNO5. The molecule has 0 unspecified atom stereocenters. The molecule has 1 saturated carbocycles. The number of amides is 1. The lowest BCUT2D eigenvalue weighted by atomic mass is 9.79. The predicted octanol–water partition coefficient (Wildman–Crippen LogP) is 4.10. The van der Waals surface area contributed by atoms with Gasteiger partial charge >= 0.3 is 6.16 Å². The molecule has 1 N–H and O–H groups in total. The first kappa shape index (κ1) is 19.9. The van der Waals surface area contributed by atoms with Gasteiger partial charge in [-0.05, 0) is 62.8 Å². The standard InChI is InChI=1S/C20H24BrNO5/c1-4-26-19(24)27-17-16(15-11-13(21)6-5-12(15)2)18(23)22-20(17)9-7-14(25-3)8-10-20/h5-6,11,14H,4,7-10H2,1-3H3,(H,22,23). The largest absolute Gasteiger partial charge is 0.513 e. The van der Waals surface area contributed by atoms with Crippen molar-refractivity contribution >= 4 is 33.6 Å². The van der Waals surface area contributed by atoms with Crippen LogP contribution in [0.2, 0.25) is 0 Å². The Bertz CT molecular complexity index is 781. The van der Waals surface area contributed by atoms with Gasteiger partial charge in [-0.3, -0.25) is 4.79 Å². The minimum atomic E-state index is -0.789. The normalized spacial score (nSPS) is 24.9. The summed E-state index contributed by atoms with van der Waals surface area (Å²) in [5.74, 6) is 0.132. The molecule has 0 aromatic heterocycles. The van der Waals surface area contributed by atoms with E-state index < -0.39 is 11.7 Å². The van der Waals surface area contributed by atoms with Crippen molar-refractivity contribution in [3.8, 4) is 0 Å². The van der Waals surface area contributed by atoms with E-state index in [0.29, 0.717) is 24.2 Å². The van der Waals surface area contributed by atoms with Crippen LogP contribution in [0, 0.1) is 6.92 Å². The van der Waals surface area contributed by atoms with Crippen molar-refractivity contribution in [3.05, 3.63) is 39.6 Å². The van der Waals surface area contributed by atoms with E-state index in [4.69, 9.17) is 14.2 Å². The van der Waals surface area contributed by atoms with Crippen LogP contribution < -0.4 is 5.32 Å². The van der Waals surface area contributed by atoms with E-state index in [1.807, 2.05) is 25.1 Å². The molecule has 0 bridgehead atoms. The minimum Gasteiger partial charge on any atom is -0.434 e. The van der Waals surface area contributed by atoms with Crippen molar-refractivity contribution in [2.75, 3.05) is 13.7 Å². The first-order chi connectivity index (χ1) is 12.9. The summed E-state index contributed by atoms with van der Waals surface area (Å²) in [5.41, 5.74) is 1.36. The number of hydrogen-bond donors (Lipinski definition) is 1. The fraction of sp³-hybridized carbons (Fsp3) is 0.500. The second-order valence-corrected chi connectivity index (χ2v) is 7.84. The summed E-state index contributed by atoms with van der Waals surface area (Å²) in [5, 5.41) is 3.09. The van der Waals surface area contributed by atoms with Crippen LogP contribution in [0.15, 0.2) is 28.4 Å². The molecule has 1 aromatic rings. The van der Waals surface area contributed by atoms with Gasteiger partial charge in [0.2, 0.25) is 0 Å². The minimum absolute atomic E-state index is 0.146. The highest BCUT2D eigenvalue weighted by Gasteiger charge is 2.50. The van der Waals surface area contributed by atoms with E-state index in [1.54, 1.807) is 14.0 Å². The zero-order chi connectivity index (χ0) is 19.6. The number of rotatable bonds is 4. The van der Waals surface area contributed by atoms with Crippen molar-refractivity contribution in [3.63, 3.8) is 0 Å². The molecule has 0 radical (unpaired) electrons. The third-order valence-electron chi connectivity index (χ3n) is 5.28. The van der Waals surface area contributed by atoms with E-state index >= 15 is 0 Å². The average Bonchev–Trinajstić information content (AvgIpc) is 2.89. The third kappa shape index (κ3) is 3.89. The lowest BCUT2D eigenvalue weighted by molar-refractivity contribution is -0.116. The number of carbonyl (C=O) groups excluding carboxylic acids is 2. The molecule has 1 aliphatic heterocycles. The lowest BCUT2D eigenvalue weighted by Crippen LogP contribution is -2.49. The molecule has 2 aliphatic rings. The lowest BCUT2D eigenvalue weighted by Gasteiger charge is -2.37. The van der Waals surface area contributed by atoms with Crippen LogP contribution >= 0.6 is 15.9 Å². The molecule has 27 heavy (non-hydrogen) atoms. The van der Waals surface area contributed by atoms with Crippen LogP contribution in [-0.4, -0.2) is 37.4 Å². The molecule has 3 rings (SSSR count). The first-order valence-electron chi connectivity index (χ1n) is 9.11. The van der Waals surface area contributed by atoms with Gasteiger partial charge in [0.15, 0.2) is 0 Å². The fourth-order valence-electron chi connectivity index (χ4n) is 3.84. The highest BCUT2D eigenvalue weighted by atomic mass is 79.9. The SMILES string of the molecule is CCOC(=O)OC1=C(c2cc(Br)ccc2C)C(=O)NC12CCC(OC)CC2. The Hall–Kier alpha value is -1.86. The van der Waals surface area contributed by atoms with Crippen LogP contribution in [0.25, 0.3) is 5.57 Å². The van der Waals surface area contributed by atoms with Crippen LogP contribution in [0.3, 0.4) is 0 Å². The van der Waals surface area contributed by atoms with Crippen LogP contribution in [-0.2, 0) is 19.0 Å². The van der Waals surface area contributed by atoms with Gasteiger partial charge in [-0.2, -0.15) is 0 Å². The zero-order valence-corrected chi connectivity index (χ0v) is 17.4. The highest BCUT2D eigenvalue weighted by Crippen LogP contribution is 2.44. The quantitative estimate of drug-likeness (QED) is 0.717. The highest BCUT2D eigenvalue weighted by molar-refractivity contribution is 9.10. The number of ether oxygens (including phenoxy) is 3. The summed E-state index contributed by atoms with van der Waals surface area (Å²) < 4.78 is 16.9. The molecule has 1 fully saturated rings. The Labute approximate surface area is 167 Å². The fourth-order valence-corrected chi connectivity index (χ4v) is 4.20. The van der Waals surface area contributed by atoms with Gasteiger partial charge in [-0.1, -0.05) is 22.0 Å². The molecular weight excluding hydrogens is 414 g/mol. The van der Waals surface area contributed by atoms with E-state index in [-0.39, 0.29) is 18.6 Å². The molecule has 1 aromatic carbocycles. The van der Waals surface area contributed by atoms with Gasteiger partial charge in [0, 0.05) is 11.6 Å². The van der Waals surface area contributed by atoms with Crippen molar-refractivity contribution < 1.29 is 23.8 Å². The number of carbonyl (C=O) groups is 2. The molecule has 1 heterocycles. The van der Waals surface area contributed by atoms with Gasteiger partial charge in [0.1, 0.15) is 5.76 Å². The number of benzene rings is 1. The van der Waals surface area contributed by atoms with Gasteiger partial charge in [0.25, 0.3) is 5.91 Å². The van der Waals surface area contributed by atoms with Crippen LogP contribution in [0.4, 0.5) is 4.79 Å². The Morgan fingerprint density at radius 3 is 2.67 bits per heavy atom. The molecule has 7 heteroatoms. The van der Waals surface area contributed by atoms with Gasteiger partial charge in [-0.25, -0.2) is 4.79 Å². The Morgan fingerprint density at radius 1 is 1.33 bits per heavy atom. The smallest absolute Gasteiger partial charge is 0.434 e. The molecule has 1 amide bonds. The Balaban J connectivity index is 2.08. The summed E-state index contributed by atoms with van der Waals surface area (Å²) in [6, 6.07) is 5.71. The molecule has 0 atom stereocenters. The van der Waals surface area contributed by atoms with Crippen molar-refractivity contribution in [1.29, 1.82) is 0 Å². The van der Waals surface area contributed by atoms with Crippen molar-refractivity contribution in [1.82, 2.24) is 5.32 Å². The maximum Gasteiger partial charge on any atom is 0.513 e. The molecule has 6 nitrogen and oxygen atoms in total. The van der Waals surface area contributed by atoms with E-state index in [2.05, 4.69) is 21.2 Å². The second-order valence-electron chi connectivity index (χ2n) is 6.92. The Morgan fingerprint density at radius 2 is 2.04 bits per heavy atom. The van der Waals surface area contributed by atoms with Crippen LogP contribution in [0.5, 0.6) is 0 Å². The first-order valence-corrected chi connectivity index (χ1v) is 9.90. The summed E-state index contributed by atoms with van der Waals surface area (Å²) in [6.07, 6.45) is 2.19. The number of nitrogens with one attached hydrogen (secondary N) is 1. The maximum absolute atomic E-state index is 13.0. The summed E-state index contributed by atoms with van der Waals surface area (Å²) in [6.45, 7) is 3.85. The van der Waals surface area contributed by atoms with E-state index in [9.17, 15) is 9.59 Å². The number of hydrogen-bond acceptors (Lipinski definition) is 5. The monoisotopic (exact) mass is 437 g/mol. The molecule has 146 valence electrons. The molecule has 1 spiro atoms. The van der Waals surface area contributed by atoms with E-state index in [0.717, 1.165) is 28.4 Å². The summed E-state index contributed by atoms with van der Waals surface area (Å²) in [4.78, 5) is 25.1. The number of halogens is 1. The number of aryl methyl sites for hydroxylation is 1. The zero-order valence-electron chi connectivity index (χ0n) is 15.8. The van der Waals surface area contributed by atoms with Crippen molar-refractivity contribution in [2.24, 2.45) is 0 Å². The average molecular weight is 438 g/mol. The van der Waals surface area contributed by atoms with Gasteiger partial charge in [-0.15, -0.1) is 0 Å². The van der Waals surface area contributed by atoms with Crippen molar-refractivity contribution in [2.45, 2.75) is 51.2 Å². The number of methoxy groups -OCH3 is 1. The molecule has 0 saturated heterocycles. The predicted molar refractivity (Wildman–Crippen MR) is 104 cm³/mol. The van der Waals surface area contributed by atoms with Gasteiger partial charge in [0.05, 0.1) is 23.8 Å². The summed E-state index contributed by atoms with van der Waals surface area (Å²) in [7, 11) is 1.69. The summed E-state index contributed by atoms with van der Waals surface area (Å²) >= 11 is 3.46.